The van der Waals surface area contributed by atoms with Crippen LogP contribution in [-0.4, -0.2) is 112 Å². The first-order chi connectivity index (χ1) is 18.9. The van der Waals surface area contributed by atoms with E-state index in [1.54, 1.807) is 17.1 Å². The molecule has 0 aromatic carbocycles. The Balaban J connectivity index is 0.000000353. The van der Waals surface area contributed by atoms with Crippen LogP contribution in [0, 0.1) is 76.0 Å². The minimum atomic E-state index is -2.47. The minimum absolute atomic E-state index is 0.180. The Bertz CT molecular complexity index is 1150. The van der Waals surface area contributed by atoms with Gasteiger partial charge in [0, 0.05) is 0 Å². The number of rotatable bonds is 6. The Morgan fingerprint density at radius 3 is 0.829 bits per heavy atom. The summed E-state index contributed by atoms with van der Waals surface area (Å²) in [5.74, 6) is 5.16. The van der Waals surface area contributed by atoms with Gasteiger partial charge in [-0.2, -0.15) is 0 Å². The largest absolute Gasteiger partial charge is 0.356 e. The molecule has 0 atom stereocenters. The van der Waals surface area contributed by atoms with Crippen LogP contribution in [0.4, 0.5) is 0 Å². The fourth-order valence-electron chi connectivity index (χ4n) is 4.85. The highest BCUT2D eigenvalue weighted by Crippen LogP contribution is 2.51. The maximum Gasteiger partial charge on any atom is 0.272 e. The fraction of sp³-hybridized carbons (Fsp3) is 0.778. The molecule has 0 saturated carbocycles. The lowest BCUT2D eigenvalue weighted by molar-refractivity contribution is -0.792. The quantitative estimate of drug-likeness (QED) is 0.138. The zero-order valence-electron chi connectivity index (χ0n) is 19.5. The maximum atomic E-state index is 11.7. The normalized spacial score (nSPS) is 26.5. The van der Waals surface area contributed by atoms with Crippen molar-refractivity contribution in [3.05, 3.63) is 88.4 Å². The first-order valence-corrected chi connectivity index (χ1v) is 9.99. The number of nitrogens with zero attached hydrogens (tertiary/aromatic N) is 16. The van der Waals surface area contributed by atoms with Gasteiger partial charge in [0.1, 0.15) is 12.3 Å². The van der Waals surface area contributed by atoms with Crippen LogP contribution in [0.5, 0.6) is 0 Å². The molecule has 5 aliphatic heterocycles. The molecular weight excluding hydrogens is 586 g/mol. The molecule has 0 amide bonds. The number of aryl methyl sites for hydroxylation is 1. The molecule has 6 bridgehead atoms. The number of nitrogen functional groups attached to an aromatic ring is 1. The summed E-state index contributed by atoms with van der Waals surface area (Å²) in [6.07, 6.45) is -11.0. The summed E-state index contributed by atoms with van der Waals surface area (Å²) in [7, 11) is 1.81. The molecule has 0 radical (unpaired) electrons. The van der Waals surface area contributed by atoms with Crippen LogP contribution < -0.4 is 10.5 Å². The van der Waals surface area contributed by atoms with Crippen molar-refractivity contribution in [1.29, 1.82) is 0 Å². The molecule has 6 heterocycles. The lowest BCUT2D eigenvalue weighted by Crippen LogP contribution is -2.77. The number of piperazine rings is 1. The van der Waals surface area contributed by atoms with E-state index in [0.29, 0.717) is 0 Å². The number of hydrazine groups is 6. The third-order valence-corrected chi connectivity index (χ3v) is 5.86. The SMILES string of the molecule is C[n+]1ccn(N)n1.O=[N+]([O-])N1C2C3N([N+](=O)[O-])[C@H]4[C@@H](N3[N+](=O)[O-])N([N+](=O)[O-])[C@@H]1[C@@H](N2[N+](=O)[O-])N4[N+](=O)[O-].O=[N+]([O-])[O-]. The average Bonchev–Trinajstić information content (AvgIpc) is 3.41. The molecular formula is C9H13N17O15. The molecule has 5 aliphatic rings. The van der Waals surface area contributed by atoms with Crippen molar-refractivity contribution in [2.45, 2.75) is 37.0 Å². The third kappa shape index (κ3) is 4.39. The first kappa shape index (κ1) is 28.9. The van der Waals surface area contributed by atoms with E-state index in [1.807, 2.05) is 7.05 Å². The number of hydrogen-bond acceptors (Lipinski definition) is 17. The molecule has 0 unspecified atom stereocenters. The Morgan fingerprint density at radius 1 is 0.561 bits per heavy atom. The molecule has 6 rings (SSSR count). The fourth-order valence-corrected chi connectivity index (χ4v) is 4.85. The van der Waals surface area contributed by atoms with Crippen LogP contribution in [0.1, 0.15) is 0 Å². The molecule has 0 spiro atoms. The van der Waals surface area contributed by atoms with Gasteiger partial charge in [-0.3, -0.25) is 0 Å². The molecule has 1 aromatic heterocycles. The van der Waals surface area contributed by atoms with Gasteiger partial charge < -0.3 is 15.3 Å². The molecule has 32 heteroatoms. The second-order valence-electron chi connectivity index (χ2n) is 7.75. The molecule has 5 fully saturated rings. The van der Waals surface area contributed by atoms with Crippen LogP contribution in [0.25, 0.3) is 0 Å². The molecule has 5 saturated heterocycles. The van der Waals surface area contributed by atoms with Crippen LogP contribution in [0.3, 0.4) is 0 Å². The van der Waals surface area contributed by atoms with Crippen molar-refractivity contribution in [2.75, 3.05) is 5.84 Å². The van der Waals surface area contributed by atoms with Crippen LogP contribution >= 0.6 is 0 Å². The van der Waals surface area contributed by atoms with Crippen molar-refractivity contribution in [2.24, 2.45) is 7.05 Å². The second-order valence-corrected chi connectivity index (χ2v) is 7.75. The van der Waals surface area contributed by atoms with E-state index in [0.717, 1.165) is 0 Å². The van der Waals surface area contributed by atoms with E-state index in [-0.39, 0.29) is 30.1 Å². The van der Waals surface area contributed by atoms with Gasteiger partial charge in [0.2, 0.25) is 0 Å². The standard InChI is InChI=1S/C6H6N12O12.C3H7N4.NO3/c19-13(20)7-1-2-8(14(21)22)5(7)6-9(15(23)24)3(11(1)17(27)28)4(10(6)16(25)26)12(2)18(29)30;1-6-2-3-7(4)5-6;2-1(3)4/h1-6H;2-3H,1H3,(H2,4,5);/q;+1;-1/t1-,2+,3+,4-,5?,6?;;. The van der Waals surface area contributed by atoms with E-state index in [9.17, 15) is 60.7 Å². The summed E-state index contributed by atoms with van der Waals surface area (Å²) in [6.45, 7) is 0. The average molecular weight is 599 g/mol. The summed E-state index contributed by atoms with van der Waals surface area (Å²) in [6, 6.07) is 0. The van der Waals surface area contributed by atoms with Crippen molar-refractivity contribution in [3.63, 3.8) is 0 Å². The lowest BCUT2D eigenvalue weighted by atomic mass is 10.2. The summed E-state index contributed by atoms with van der Waals surface area (Å²) in [5, 5.41) is 78.9. The molecule has 32 nitrogen and oxygen atoms in total. The zero-order chi connectivity index (χ0) is 31.2. The van der Waals surface area contributed by atoms with E-state index in [1.165, 1.54) is 4.79 Å². The molecule has 2 N–H and O–H groups in total. The van der Waals surface area contributed by atoms with Gasteiger partial charge in [0.05, 0.1) is 5.09 Å². The smallest absolute Gasteiger partial charge is 0.272 e. The second kappa shape index (κ2) is 9.90. The van der Waals surface area contributed by atoms with Crippen molar-refractivity contribution >= 4 is 0 Å². The van der Waals surface area contributed by atoms with Gasteiger partial charge in [-0.05, 0) is 4.79 Å². The summed E-state index contributed by atoms with van der Waals surface area (Å²) in [5.41, 5.74) is 0. The van der Waals surface area contributed by atoms with Crippen LogP contribution in [0.2, 0.25) is 0 Å². The summed E-state index contributed by atoms with van der Waals surface area (Å²) >= 11 is 0. The monoisotopic (exact) mass is 599 g/mol. The molecule has 41 heavy (non-hydrogen) atoms. The number of aromatic nitrogens is 3. The summed E-state index contributed by atoms with van der Waals surface area (Å²) in [4.78, 5) is 79.4. The van der Waals surface area contributed by atoms with Crippen LogP contribution in [-0.2, 0) is 7.05 Å². The Morgan fingerprint density at radius 2 is 0.756 bits per heavy atom. The first-order valence-electron chi connectivity index (χ1n) is 9.99. The number of nitro groups is 6. The highest BCUT2D eigenvalue weighted by atomic mass is 16.9. The van der Waals surface area contributed by atoms with E-state index < -0.39 is 72.3 Å². The third-order valence-electron chi connectivity index (χ3n) is 5.86. The summed E-state index contributed by atoms with van der Waals surface area (Å²) < 4.78 is 1.62. The predicted molar refractivity (Wildman–Crippen MR) is 110 cm³/mol. The Kier molecular flexibility index (Phi) is 6.98. The van der Waals surface area contributed by atoms with Gasteiger partial charge >= 0.3 is 0 Å². The zero-order valence-corrected chi connectivity index (χ0v) is 19.5. The van der Waals surface area contributed by atoms with Gasteiger partial charge in [0.25, 0.3) is 37.0 Å². The highest BCUT2D eigenvalue weighted by molar-refractivity contribution is 5.09. The van der Waals surface area contributed by atoms with Crippen molar-refractivity contribution in [1.82, 2.24) is 40.1 Å². The van der Waals surface area contributed by atoms with Crippen molar-refractivity contribution in [3.8, 4) is 0 Å². The minimum Gasteiger partial charge on any atom is -0.356 e. The van der Waals surface area contributed by atoms with Crippen molar-refractivity contribution < 1.29 is 40.0 Å². The lowest BCUT2D eigenvalue weighted by Gasteiger charge is -2.39. The Labute approximate surface area is 219 Å². The van der Waals surface area contributed by atoms with Gasteiger partial charge in [-0.15, -0.1) is 4.68 Å². The molecule has 0 aliphatic carbocycles. The highest BCUT2D eigenvalue weighted by Gasteiger charge is 2.89. The van der Waals surface area contributed by atoms with Crippen LogP contribution in [0.15, 0.2) is 12.4 Å². The Hall–Kier alpha value is -6.66. The van der Waals surface area contributed by atoms with Gasteiger partial charge in [0.15, 0.2) is 42.6 Å². The predicted octanol–water partition coefficient (Wildman–Crippen LogP) is -5.86. The molecule has 224 valence electrons. The van der Waals surface area contributed by atoms with Gasteiger partial charge in [-0.1, -0.05) is 30.1 Å². The van der Waals surface area contributed by atoms with Gasteiger partial charge in [-0.25, -0.2) is 66.5 Å². The van der Waals surface area contributed by atoms with E-state index in [4.69, 9.17) is 21.2 Å². The molecule has 1 aromatic rings. The number of nitrogens with two attached hydrogens (primary N) is 1. The topological polar surface area (TPSA) is 392 Å². The maximum absolute atomic E-state index is 11.7. The van der Waals surface area contributed by atoms with E-state index >= 15 is 0 Å². The van der Waals surface area contributed by atoms with E-state index in [2.05, 4.69) is 5.21 Å². The number of hydrogen-bond donors (Lipinski definition) is 1.